The first kappa shape index (κ1) is 23.7. The highest BCUT2D eigenvalue weighted by Crippen LogP contribution is 2.25. The van der Waals surface area contributed by atoms with Gasteiger partial charge < -0.3 is 34.6 Å². The molecule has 0 spiro atoms. The lowest BCUT2D eigenvalue weighted by atomic mass is 9.99. The molecule has 5 unspecified atom stereocenters. The first-order chi connectivity index (χ1) is 16.4. The van der Waals surface area contributed by atoms with Crippen molar-refractivity contribution in [2.24, 2.45) is 0 Å². The Morgan fingerprint density at radius 1 is 0.735 bits per heavy atom. The van der Waals surface area contributed by atoms with Crippen molar-refractivity contribution in [1.29, 1.82) is 0 Å². The zero-order chi connectivity index (χ0) is 24.1. The zero-order valence-electron chi connectivity index (χ0n) is 18.2. The number of ether oxygens (including phenoxy) is 3. The van der Waals surface area contributed by atoms with Gasteiger partial charge in [0.1, 0.15) is 36.4 Å². The molecular formula is C26H26O8. The van der Waals surface area contributed by atoms with Gasteiger partial charge in [-0.1, -0.05) is 54.6 Å². The summed E-state index contributed by atoms with van der Waals surface area (Å²) in [6, 6.07) is 24.8. The molecule has 1 fully saturated rings. The van der Waals surface area contributed by atoms with Crippen LogP contribution < -0.4 is 9.47 Å². The SMILES string of the molecule is O=C(O)C1OC(Oc2ccc(Cc3ccc(OCc4ccccc4)cc3)cc2)C(O)C(O)C1O. The summed E-state index contributed by atoms with van der Waals surface area (Å²) in [5.41, 5.74) is 3.20. The van der Waals surface area contributed by atoms with E-state index < -0.39 is 36.7 Å². The average molecular weight is 466 g/mol. The van der Waals surface area contributed by atoms with Crippen molar-refractivity contribution in [3.8, 4) is 11.5 Å². The Balaban J connectivity index is 1.32. The molecule has 4 N–H and O–H groups in total. The highest BCUT2D eigenvalue weighted by Gasteiger charge is 2.48. The molecular weight excluding hydrogens is 440 g/mol. The summed E-state index contributed by atoms with van der Waals surface area (Å²) in [5, 5.41) is 38.9. The molecule has 5 atom stereocenters. The highest BCUT2D eigenvalue weighted by molar-refractivity contribution is 5.73. The topological polar surface area (TPSA) is 126 Å². The molecule has 4 rings (SSSR count). The van der Waals surface area contributed by atoms with E-state index in [1.807, 2.05) is 66.7 Å². The molecule has 1 heterocycles. The minimum atomic E-state index is -1.76. The number of aliphatic hydroxyl groups excluding tert-OH is 3. The van der Waals surface area contributed by atoms with Crippen LogP contribution in [0.4, 0.5) is 0 Å². The standard InChI is InChI=1S/C26H26O8/c27-21-22(28)24(25(30)31)34-26(23(21)29)33-20-12-8-17(9-13-20)14-16-6-10-19(11-7-16)32-15-18-4-2-1-3-5-18/h1-13,21-24,26-29H,14-15H2,(H,30,31). The van der Waals surface area contributed by atoms with E-state index in [1.165, 1.54) is 0 Å². The van der Waals surface area contributed by atoms with E-state index in [1.54, 1.807) is 12.1 Å². The number of carboxylic acid groups (broad SMARTS) is 1. The monoisotopic (exact) mass is 466 g/mol. The van der Waals surface area contributed by atoms with Crippen molar-refractivity contribution in [3.63, 3.8) is 0 Å². The quantitative estimate of drug-likeness (QED) is 0.398. The molecule has 1 saturated heterocycles. The number of benzene rings is 3. The fourth-order valence-corrected chi connectivity index (χ4v) is 3.65. The fraction of sp³-hybridized carbons (Fsp3) is 0.269. The molecule has 0 amide bonds. The van der Waals surface area contributed by atoms with Crippen LogP contribution in [0.15, 0.2) is 78.9 Å². The van der Waals surface area contributed by atoms with Crippen molar-refractivity contribution >= 4 is 5.97 Å². The molecule has 0 saturated carbocycles. The van der Waals surface area contributed by atoms with Gasteiger partial charge in [-0.05, 0) is 47.4 Å². The van der Waals surface area contributed by atoms with Crippen LogP contribution in [0.1, 0.15) is 16.7 Å². The van der Waals surface area contributed by atoms with Crippen molar-refractivity contribution in [3.05, 3.63) is 95.6 Å². The number of carboxylic acids is 1. The minimum absolute atomic E-state index is 0.324. The Labute approximate surface area is 196 Å². The van der Waals surface area contributed by atoms with Crippen molar-refractivity contribution in [2.45, 2.75) is 43.7 Å². The van der Waals surface area contributed by atoms with E-state index >= 15 is 0 Å². The first-order valence-corrected chi connectivity index (χ1v) is 10.8. The maximum Gasteiger partial charge on any atom is 0.335 e. The van der Waals surface area contributed by atoms with E-state index in [9.17, 15) is 20.1 Å². The smallest absolute Gasteiger partial charge is 0.335 e. The summed E-state index contributed by atoms with van der Waals surface area (Å²) >= 11 is 0. The van der Waals surface area contributed by atoms with Crippen LogP contribution in [-0.4, -0.2) is 57.1 Å². The maximum atomic E-state index is 11.2. The van der Waals surface area contributed by atoms with Crippen LogP contribution in [0.25, 0.3) is 0 Å². The van der Waals surface area contributed by atoms with Gasteiger partial charge in [0.25, 0.3) is 0 Å². The second kappa shape index (κ2) is 10.7. The van der Waals surface area contributed by atoms with Gasteiger partial charge in [0.05, 0.1) is 0 Å². The van der Waals surface area contributed by atoms with Gasteiger partial charge in [-0.3, -0.25) is 0 Å². The lowest BCUT2D eigenvalue weighted by molar-refractivity contribution is -0.271. The first-order valence-electron chi connectivity index (χ1n) is 10.8. The number of aliphatic hydroxyl groups is 3. The second-order valence-electron chi connectivity index (χ2n) is 8.09. The highest BCUT2D eigenvalue weighted by atomic mass is 16.7. The molecule has 1 aliphatic rings. The van der Waals surface area contributed by atoms with Crippen molar-refractivity contribution in [1.82, 2.24) is 0 Å². The van der Waals surface area contributed by atoms with E-state index in [0.29, 0.717) is 18.8 Å². The Morgan fingerprint density at radius 3 is 1.91 bits per heavy atom. The summed E-state index contributed by atoms with van der Waals surface area (Å²) in [4.78, 5) is 11.2. The van der Waals surface area contributed by atoms with E-state index in [0.717, 1.165) is 22.4 Å². The third kappa shape index (κ3) is 5.73. The third-order valence-corrected chi connectivity index (χ3v) is 5.57. The van der Waals surface area contributed by atoms with Crippen LogP contribution in [-0.2, 0) is 22.6 Å². The molecule has 8 heteroatoms. The van der Waals surface area contributed by atoms with Gasteiger partial charge in [0.2, 0.25) is 6.29 Å². The largest absolute Gasteiger partial charge is 0.489 e. The van der Waals surface area contributed by atoms with E-state index in [4.69, 9.17) is 19.3 Å². The minimum Gasteiger partial charge on any atom is -0.489 e. The molecule has 0 bridgehead atoms. The maximum absolute atomic E-state index is 11.2. The molecule has 1 aliphatic heterocycles. The van der Waals surface area contributed by atoms with Gasteiger partial charge in [0, 0.05) is 0 Å². The molecule has 8 nitrogen and oxygen atoms in total. The van der Waals surface area contributed by atoms with Gasteiger partial charge in [0.15, 0.2) is 6.10 Å². The van der Waals surface area contributed by atoms with Gasteiger partial charge >= 0.3 is 5.97 Å². The number of aliphatic carboxylic acids is 1. The molecule has 0 radical (unpaired) electrons. The van der Waals surface area contributed by atoms with Crippen LogP contribution in [0.2, 0.25) is 0 Å². The molecule has 3 aromatic rings. The number of carbonyl (C=O) groups is 1. The lowest BCUT2D eigenvalue weighted by Crippen LogP contribution is -2.61. The normalized spacial score (nSPS) is 24.4. The number of rotatable bonds is 8. The summed E-state index contributed by atoms with van der Waals surface area (Å²) in [6.45, 7) is 0.504. The second-order valence-corrected chi connectivity index (χ2v) is 8.09. The van der Waals surface area contributed by atoms with Gasteiger partial charge in [-0.25, -0.2) is 4.79 Å². The Morgan fingerprint density at radius 2 is 1.32 bits per heavy atom. The fourth-order valence-electron chi connectivity index (χ4n) is 3.65. The lowest BCUT2D eigenvalue weighted by Gasteiger charge is -2.38. The number of hydrogen-bond donors (Lipinski definition) is 4. The van der Waals surface area contributed by atoms with Crippen molar-refractivity contribution < 1.29 is 39.4 Å². The average Bonchev–Trinajstić information content (AvgIpc) is 2.85. The van der Waals surface area contributed by atoms with Gasteiger partial charge in [-0.2, -0.15) is 0 Å². The van der Waals surface area contributed by atoms with E-state index in [2.05, 4.69) is 0 Å². The molecule has 34 heavy (non-hydrogen) atoms. The molecule has 0 aromatic heterocycles. The predicted molar refractivity (Wildman–Crippen MR) is 121 cm³/mol. The summed E-state index contributed by atoms with van der Waals surface area (Å²) < 4.78 is 16.5. The summed E-state index contributed by atoms with van der Waals surface area (Å²) in [5.74, 6) is -0.349. The molecule has 3 aromatic carbocycles. The van der Waals surface area contributed by atoms with Gasteiger partial charge in [-0.15, -0.1) is 0 Å². The molecule has 0 aliphatic carbocycles. The Kier molecular flexibility index (Phi) is 7.44. The molecule has 178 valence electrons. The summed E-state index contributed by atoms with van der Waals surface area (Å²) in [6.07, 6.45) is -7.54. The van der Waals surface area contributed by atoms with Crippen LogP contribution >= 0.6 is 0 Å². The summed E-state index contributed by atoms with van der Waals surface area (Å²) in [7, 11) is 0. The zero-order valence-corrected chi connectivity index (χ0v) is 18.2. The van der Waals surface area contributed by atoms with E-state index in [-0.39, 0.29) is 0 Å². The third-order valence-electron chi connectivity index (χ3n) is 5.57. The van der Waals surface area contributed by atoms with Crippen LogP contribution in [0, 0.1) is 0 Å². The number of hydrogen-bond acceptors (Lipinski definition) is 7. The van der Waals surface area contributed by atoms with Crippen LogP contribution in [0.5, 0.6) is 11.5 Å². The Hall–Kier alpha value is -3.43. The predicted octanol–water partition coefficient (Wildman–Crippen LogP) is 2.13. The van der Waals surface area contributed by atoms with Crippen molar-refractivity contribution in [2.75, 3.05) is 0 Å². The van der Waals surface area contributed by atoms with Crippen LogP contribution in [0.3, 0.4) is 0 Å². The Bertz CT molecular complexity index is 1070.